The van der Waals surface area contributed by atoms with Crippen molar-refractivity contribution in [3.63, 3.8) is 0 Å². The maximum Gasteiger partial charge on any atom is 0.147 e. The fraction of sp³-hybridized carbons (Fsp3) is 0.273. The first-order valence-corrected chi connectivity index (χ1v) is 7.12. The average Bonchev–Trinajstić information content (AvgIpc) is 2.79. The van der Waals surface area contributed by atoms with Crippen molar-refractivity contribution in [1.29, 1.82) is 0 Å². The van der Waals surface area contributed by atoms with Gasteiger partial charge in [-0.3, -0.25) is 0 Å². The smallest absolute Gasteiger partial charge is 0.147 e. The highest BCUT2D eigenvalue weighted by Gasteiger charge is 2.08. The van der Waals surface area contributed by atoms with E-state index in [1.165, 1.54) is 0 Å². The molecule has 17 heavy (non-hydrogen) atoms. The molecule has 2 rings (SSSR count). The summed E-state index contributed by atoms with van der Waals surface area (Å²) in [7, 11) is 1.93. The molecule has 1 aromatic heterocycles. The van der Waals surface area contributed by atoms with E-state index in [0.29, 0.717) is 5.02 Å². The van der Waals surface area contributed by atoms with Crippen molar-refractivity contribution in [2.75, 3.05) is 13.6 Å². The topological polar surface area (TPSA) is 37.8 Å². The Bertz CT molecular complexity index is 515. The highest BCUT2D eigenvalue weighted by atomic mass is 79.9. The van der Waals surface area contributed by atoms with E-state index in [1.807, 2.05) is 25.2 Å². The number of rotatable bonds is 4. The van der Waals surface area contributed by atoms with Gasteiger partial charge in [0.1, 0.15) is 10.0 Å². The van der Waals surface area contributed by atoms with Crippen LogP contribution in [0.2, 0.25) is 5.02 Å². The van der Waals surface area contributed by atoms with Crippen LogP contribution < -0.4 is 5.32 Å². The molecule has 3 nitrogen and oxygen atoms in total. The molecule has 0 fully saturated rings. The van der Waals surface area contributed by atoms with Crippen LogP contribution in [0.1, 0.15) is 5.01 Å². The Kier molecular flexibility index (Phi) is 4.50. The van der Waals surface area contributed by atoms with E-state index >= 15 is 0 Å². The van der Waals surface area contributed by atoms with Crippen LogP contribution in [0.4, 0.5) is 0 Å². The molecule has 0 bridgehead atoms. The third kappa shape index (κ3) is 3.25. The van der Waals surface area contributed by atoms with E-state index in [9.17, 15) is 0 Å². The summed E-state index contributed by atoms with van der Waals surface area (Å²) < 4.78 is 0.878. The summed E-state index contributed by atoms with van der Waals surface area (Å²) in [5.41, 5.74) is 1.04. The zero-order valence-corrected chi connectivity index (χ0v) is 12.4. The lowest BCUT2D eigenvalue weighted by atomic mass is 10.2. The minimum atomic E-state index is 0.702. The van der Waals surface area contributed by atoms with Gasteiger partial charge in [0, 0.05) is 23.0 Å². The first kappa shape index (κ1) is 13.0. The average molecular weight is 333 g/mol. The predicted molar refractivity (Wildman–Crippen MR) is 75.7 cm³/mol. The quantitative estimate of drug-likeness (QED) is 0.932. The van der Waals surface area contributed by atoms with E-state index in [2.05, 4.69) is 31.4 Å². The molecule has 90 valence electrons. The van der Waals surface area contributed by atoms with Crippen molar-refractivity contribution in [2.45, 2.75) is 6.42 Å². The molecule has 0 unspecified atom stereocenters. The lowest BCUT2D eigenvalue weighted by Crippen LogP contribution is -2.09. The van der Waals surface area contributed by atoms with Crippen LogP contribution in [-0.2, 0) is 6.42 Å². The van der Waals surface area contributed by atoms with Gasteiger partial charge in [-0.15, -0.1) is 10.2 Å². The van der Waals surface area contributed by atoms with Crippen molar-refractivity contribution >= 4 is 38.9 Å². The molecule has 0 spiro atoms. The third-order valence-electron chi connectivity index (χ3n) is 2.22. The van der Waals surface area contributed by atoms with Crippen LogP contribution in [0, 0.1) is 0 Å². The first-order chi connectivity index (χ1) is 8.20. The summed E-state index contributed by atoms with van der Waals surface area (Å²) in [6.07, 6.45) is 0.906. The zero-order chi connectivity index (χ0) is 12.3. The van der Waals surface area contributed by atoms with Crippen LogP contribution >= 0.6 is 38.9 Å². The van der Waals surface area contributed by atoms with E-state index in [1.54, 1.807) is 11.3 Å². The van der Waals surface area contributed by atoms with Gasteiger partial charge in [0.25, 0.3) is 0 Å². The highest BCUT2D eigenvalue weighted by molar-refractivity contribution is 9.10. The van der Waals surface area contributed by atoms with Crippen molar-refractivity contribution in [3.05, 3.63) is 32.7 Å². The third-order valence-corrected chi connectivity index (χ3v) is 4.47. The second-order valence-electron chi connectivity index (χ2n) is 3.48. The van der Waals surface area contributed by atoms with Crippen molar-refractivity contribution in [1.82, 2.24) is 15.5 Å². The molecule has 0 atom stereocenters. The lowest BCUT2D eigenvalue weighted by molar-refractivity contribution is 0.779. The van der Waals surface area contributed by atoms with Gasteiger partial charge in [0.15, 0.2) is 0 Å². The lowest BCUT2D eigenvalue weighted by Gasteiger charge is -1.98. The maximum absolute atomic E-state index is 5.95. The van der Waals surface area contributed by atoms with Gasteiger partial charge in [-0.25, -0.2) is 0 Å². The molecule has 0 saturated heterocycles. The van der Waals surface area contributed by atoms with Gasteiger partial charge < -0.3 is 5.32 Å². The van der Waals surface area contributed by atoms with Gasteiger partial charge in [0.05, 0.1) is 5.02 Å². The van der Waals surface area contributed by atoms with Crippen LogP contribution in [0.25, 0.3) is 10.6 Å². The standard InChI is InChI=1S/C11H11BrClN3S/c1-14-5-4-10-15-16-11(17-10)7-2-3-9(13)8(12)6-7/h2-3,6,14H,4-5H2,1H3. The van der Waals surface area contributed by atoms with Gasteiger partial charge in [-0.05, 0) is 35.1 Å². The fourth-order valence-electron chi connectivity index (χ4n) is 1.33. The number of hydrogen-bond donors (Lipinski definition) is 1. The summed E-state index contributed by atoms with van der Waals surface area (Å²) in [5, 5.41) is 14.1. The van der Waals surface area contributed by atoms with E-state index in [-0.39, 0.29) is 0 Å². The Morgan fingerprint density at radius 2 is 2.24 bits per heavy atom. The zero-order valence-electron chi connectivity index (χ0n) is 9.20. The number of nitrogens with zero attached hydrogens (tertiary/aromatic N) is 2. The highest BCUT2D eigenvalue weighted by Crippen LogP contribution is 2.30. The van der Waals surface area contributed by atoms with E-state index < -0.39 is 0 Å². The molecule has 0 aliphatic carbocycles. The van der Waals surface area contributed by atoms with Crippen LogP contribution in [0.3, 0.4) is 0 Å². The Labute approximate surface area is 117 Å². The molecular formula is C11H11BrClN3S. The number of likely N-dealkylation sites (N-methyl/N-ethyl adjacent to an activating group) is 1. The summed E-state index contributed by atoms with van der Waals surface area (Å²) in [5.74, 6) is 0. The second kappa shape index (κ2) is 5.91. The molecule has 1 aromatic carbocycles. The molecule has 6 heteroatoms. The largest absolute Gasteiger partial charge is 0.319 e. The molecular weight excluding hydrogens is 322 g/mol. The number of halogens is 2. The molecule has 1 N–H and O–H groups in total. The summed E-state index contributed by atoms with van der Waals surface area (Å²) in [6.45, 7) is 0.916. The Hall–Kier alpha value is -0.490. The van der Waals surface area contributed by atoms with Gasteiger partial charge >= 0.3 is 0 Å². The van der Waals surface area contributed by atoms with E-state index in [0.717, 1.165) is 33.0 Å². The van der Waals surface area contributed by atoms with Crippen LogP contribution in [0.15, 0.2) is 22.7 Å². The normalized spacial score (nSPS) is 10.8. The molecule has 0 amide bonds. The molecule has 0 saturated carbocycles. The van der Waals surface area contributed by atoms with Crippen molar-refractivity contribution in [2.24, 2.45) is 0 Å². The first-order valence-electron chi connectivity index (χ1n) is 5.13. The number of benzene rings is 1. The van der Waals surface area contributed by atoms with Crippen molar-refractivity contribution < 1.29 is 0 Å². The molecule has 2 aromatic rings. The minimum absolute atomic E-state index is 0.702. The Balaban J connectivity index is 2.21. The number of nitrogens with one attached hydrogen (secondary N) is 1. The monoisotopic (exact) mass is 331 g/mol. The van der Waals surface area contributed by atoms with Gasteiger partial charge in [0.2, 0.25) is 0 Å². The minimum Gasteiger partial charge on any atom is -0.319 e. The second-order valence-corrected chi connectivity index (χ2v) is 5.81. The summed E-state index contributed by atoms with van der Waals surface area (Å²) >= 11 is 11.0. The van der Waals surface area contributed by atoms with Crippen LogP contribution in [0.5, 0.6) is 0 Å². The SMILES string of the molecule is CNCCc1nnc(-c2ccc(Cl)c(Br)c2)s1. The number of hydrogen-bond acceptors (Lipinski definition) is 4. The maximum atomic E-state index is 5.95. The molecule has 0 aliphatic heterocycles. The summed E-state index contributed by atoms with van der Waals surface area (Å²) in [6, 6.07) is 5.77. The fourth-order valence-corrected chi connectivity index (χ4v) is 2.66. The Morgan fingerprint density at radius 3 is 2.94 bits per heavy atom. The van der Waals surface area contributed by atoms with Crippen molar-refractivity contribution in [3.8, 4) is 10.6 Å². The van der Waals surface area contributed by atoms with Gasteiger partial charge in [-0.1, -0.05) is 29.0 Å². The Morgan fingerprint density at radius 1 is 1.41 bits per heavy atom. The van der Waals surface area contributed by atoms with E-state index in [4.69, 9.17) is 11.6 Å². The molecule has 0 aliphatic rings. The predicted octanol–water partition coefficient (Wildman–Crippen LogP) is 3.38. The molecule has 0 radical (unpaired) electrons. The summed E-state index contributed by atoms with van der Waals surface area (Å²) in [4.78, 5) is 0. The van der Waals surface area contributed by atoms with Crippen LogP contribution in [-0.4, -0.2) is 23.8 Å². The number of aromatic nitrogens is 2. The molecule has 1 heterocycles. The van der Waals surface area contributed by atoms with Gasteiger partial charge in [-0.2, -0.15) is 0 Å².